The highest BCUT2D eigenvalue weighted by Crippen LogP contribution is 2.20. The maximum Gasteiger partial charge on any atom is 0.509 e. The Bertz CT molecular complexity index is 821. The highest BCUT2D eigenvalue weighted by Gasteiger charge is 2.40. The van der Waals surface area contributed by atoms with Crippen LogP contribution in [-0.4, -0.2) is 85.8 Å². The van der Waals surface area contributed by atoms with Gasteiger partial charge in [0.25, 0.3) is 0 Å². The van der Waals surface area contributed by atoms with Crippen molar-refractivity contribution in [1.82, 2.24) is 0 Å². The van der Waals surface area contributed by atoms with Gasteiger partial charge in [-0.25, -0.2) is 21.5 Å². The summed E-state index contributed by atoms with van der Waals surface area (Å²) >= 11 is 0. The molecule has 3 heterocycles. The molecule has 3 aliphatic heterocycles. The molecule has 0 amide bonds. The maximum absolute atomic E-state index is 11.8. The molecule has 0 saturated carbocycles. The zero-order chi connectivity index (χ0) is 21.9. The van der Waals surface area contributed by atoms with Gasteiger partial charge in [-0.1, -0.05) is 0 Å². The summed E-state index contributed by atoms with van der Waals surface area (Å²) in [6.45, 7) is -1.58. The van der Waals surface area contributed by atoms with Crippen molar-refractivity contribution in [2.75, 3.05) is 26.4 Å². The van der Waals surface area contributed by atoms with Crippen LogP contribution in [0.2, 0.25) is 0 Å². The number of carbonyl (C=O) groups excluding carboxylic acids is 3. The van der Waals surface area contributed by atoms with Gasteiger partial charge in [-0.15, -0.1) is 0 Å². The lowest BCUT2D eigenvalue weighted by Gasteiger charge is -2.16. The molecule has 4 atom stereocenters. The molecule has 15 nitrogen and oxygen atoms in total. The molecule has 30 heavy (non-hydrogen) atoms. The third kappa shape index (κ3) is 6.47. The third-order valence-electron chi connectivity index (χ3n) is 3.82. The van der Waals surface area contributed by atoms with Gasteiger partial charge in [0.2, 0.25) is 0 Å². The van der Waals surface area contributed by atoms with E-state index >= 15 is 0 Å². The molecular weight excluding hydrogens is 460 g/mol. The van der Waals surface area contributed by atoms with E-state index in [1.54, 1.807) is 0 Å². The summed E-state index contributed by atoms with van der Waals surface area (Å²) in [6, 6.07) is 0. The molecule has 0 aliphatic carbocycles. The van der Waals surface area contributed by atoms with Gasteiger partial charge < -0.3 is 18.9 Å². The van der Waals surface area contributed by atoms with E-state index in [-0.39, 0.29) is 13.2 Å². The highest BCUT2D eigenvalue weighted by atomic mass is 32.3. The number of esters is 2. The molecule has 17 heteroatoms. The Morgan fingerprint density at radius 3 is 1.53 bits per heavy atom. The largest absolute Gasteiger partial charge is 0.509 e. The van der Waals surface area contributed by atoms with Gasteiger partial charge in [0.05, 0.1) is 26.1 Å². The Morgan fingerprint density at radius 1 is 0.800 bits per heavy atom. The topological polar surface area (TPSA) is 193 Å². The van der Waals surface area contributed by atoms with E-state index in [2.05, 4.69) is 16.7 Å². The molecular formula is C13H16O15S2. The summed E-state index contributed by atoms with van der Waals surface area (Å²) < 4.78 is 81.0. The van der Waals surface area contributed by atoms with Gasteiger partial charge in [-0.3, -0.25) is 9.59 Å². The van der Waals surface area contributed by atoms with Crippen LogP contribution in [0.1, 0.15) is 12.8 Å². The van der Waals surface area contributed by atoms with Gasteiger partial charge in [-0.05, 0) is 0 Å². The van der Waals surface area contributed by atoms with Crippen molar-refractivity contribution in [2.24, 2.45) is 0 Å². The molecule has 3 aliphatic rings. The van der Waals surface area contributed by atoms with Gasteiger partial charge in [-0.2, -0.15) is 16.8 Å². The van der Waals surface area contributed by atoms with Crippen LogP contribution < -0.4 is 0 Å². The van der Waals surface area contributed by atoms with Crippen molar-refractivity contribution < 1.29 is 66.9 Å². The van der Waals surface area contributed by atoms with Crippen LogP contribution >= 0.6 is 0 Å². The number of carbonyl (C=O) groups is 3. The molecule has 3 saturated heterocycles. The van der Waals surface area contributed by atoms with E-state index < -0.39 is 89.4 Å². The molecule has 0 spiro atoms. The van der Waals surface area contributed by atoms with Crippen molar-refractivity contribution in [2.45, 2.75) is 37.3 Å². The number of rotatable bonds is 8. The Balaban J connectivity index is 1.40. The monoisotopic (exact) mass is 476 g/mol. The zero-order valence-electron chi connectivity index (χ0n) is 15.0. The second-order valence-electron chi connectivity index (χ2n) is 6.16. The van der Waals surface area contributed by atoms with Crippen LogP contribution in [0, 0.1) is 0 Å². The first kappa shape index (κ1) is 22.6. The van der Waals surface area contributed by atoms with Crippen molar-refractivity contribution in [3.63, 3.8) is 0 Å². The Kier molecular flexibility index (Phi) is 6.78. The Hall–Kier alpha value is -2.05. The summed E-state index contributed by atoms with van der Waals surface area (Å²) in [7, 11) is -8.23. The summed E-state index contributed by atoms with van der Waals surface area (Å²) in [5.74, 6) is -1.70. The standard InChI is InChI=1S/C13H16O15S2/c14-11(1-7-3-23-29(17,18)27-7)21-5-9-10(26-13(16)25-9)6-22-12(15)2-8-4-24-30(19,20)28-8/h7-10H,1-6H2. The van der Waals surface area contributed by atoms with Crippen molar-refractivity contribution >= 4 is 38.9 Å². The lowest BCUT2D eigenvalue weighted by molar-refractivity contribution is -0.152. The molecule has 0 aromatic carbocycles. The van der Waals surface area contributed by atoms with Gasteiger partial charge in [0.1, 0.15) is 25.4 Å². The van der Waals surface area contributed by atoms with Crippen molar-refractivity contribution in [3.05, 3.63) is 0 Å². The minimum absolute atomic E-state index is 0.339. The number of ether oxygens (including phenoxy) is 4. The SMILES string of the molecule is O=C(CC1COS(=O)(=O)O1)OCC1OC(=O)OC1COC(=O)CC1COS(=O)(=O)O1. The molecule has 3 rings (SSSR count). The Morgan fingerprint density at radius 2 is 1.20 bits per heavy atom. The minimum atomic E-state index is -4.11. The molecule has 4 unspecified atom stereocenters. The fourth-order valence-corrected chi connectivity index (χ4v) is 4.16. The zero-order valence-corrected chi connectivity index (χ0v) is 16.6. The molecule has 0 aromatic heterocycles. The van der Waals surface area contributed by atoms with Gasteiger partial charge >= 0.3 is 38.9 Å². The lowest BCUT2D eigenvalue weighted by Crippen LogP contribution is -2.34. The van der Waals surface area contributed by atoms with Crippen molar-refractivity contribution in [3.8, 4) is 0 Å². The quantitative estimate of drug-likeness (QED) is 0.277. The molecule has 0 N–H and O–H groups in total. The first-order chi connectivity index (χ1) is 14.0. The summed E-state index contributed by atoms with van der Waals surface area (Å²) in [6.07, 6.45) is -6.18. The van der Waals surface area contributed by atoms with Crippen molar-refractivity contribution in [1.29, 1.82) is 0 Å². The smallest absolute Gasteiger partial charge is 0.461 e. The Labute approximate surface area is 170 Å². The number of cyclic esters (lactones) is 2. The second kappa shape index (κ2) is 8.98. The highest BCUT2D eigenvalue weighted by molar-refractivity contribution is 7.82. The summed E-state index contributed by atoms with van der Waals surface area (Å²) in [5, 5.41) is 0. The predicted octanol–water partition coefficient (Wildman–Crippen LogP) is -1.92. The van der Waals surface area contributed by atoms with Crippen LogP contribution in [0.4, 0.5) is 4.79 Å². The average Bonchev–Trinajstić information content (AvgIpc) is 3.27. The van der Waals surface area contributed by atoms with Gasteiger partial charge in [0, 0.05) is 0 Å². The summed E-state index contributed by atoms with van der Waals surface area (Å²) in [5.41, 5.74) is 0. The second-order valence-corrected chi connectivity index (χ2v) is 8.65. The molecule has 0 aromatic rings. The van der Waals surface area contributed by atoms with E-state index in [1.807, 2.05) is 0 Å². The first-order valence-electron chi connectivity index (χ1n) is 8.35. The normalized spacial score (nSPS) is 31.7. The first-order valence-corrected chi connectivity index (χ1v) is 11.0. The average molecular weight is 476 g/mol. The van der Waals surface area contributed by atoms with Crippen LogP contribution in [-0.2, 0) is 66.1 Å². The number of hydrogen-bond acceptors (Lipinski definition) is 15. The van der Waals surface area contributed by atoms with E-state index in [0.29, 0.717) is 0 Å². The maximum atomic E-state index is 11.8. The molecule has 0 radical (unpaired) electrons. The van der Waals surface area contributed by atoms with Crippen LogP contribution in [0.5, 0.6) is 0 Å². The third-order valence-corrected chi connectivity index (χ3v) is 5.69. The van der Waals surface area contributed by atoms with E-state index in [0.717, 1.165) is 0 Å². The minimum Gasteiger partial charge on any atom is -0.461 e. The molecule has 0 bridgehead atoms. The van der Waals surface area contributed by atoms with Crippen LogP contribution in [0.3, 0.4) is 0 Å². The molecule has 3 fully saturated rings. The van der Waals surface area contributed by atoms with E-state index in [1.165, 1.54) is 0 Å². The fraction of sp³-hybridized carbons (Fsp3) is 0.769. The van der Waals surface area contributed by atoms with Crippen LogP contribution in [0.15, 0.2) is 0 Å². The lowest BCUT2D eigenvalue weighted by atomic mass is 10.2. The van der Waals surface area contributed by atoms with Crippen LogP contribution in [0.25, 0.3) is 0 Å². The number of hydrogen-bond donors (Lipinski definition) is 0. The van der Waals surface area contributed by atoms with Gasteiger partial charge in [0.15, 0.2) is 12.2 Å². The summed E-state index contributed by atoms with van der Waals surface area (Å²) in [4.78, 5) is 34.9. The predicted molar refractivity (Wildman–Crippen MR) is 85.8 cm³/mol. The molecule has 170 valence electrons. The fourth-order valence-electron chi connectivity index (χ4n) is 2.50. The van der Waals surface area contributed by atoms with E-state index in [9.17, 15) is 31.2 Å². The van der Waals surface area contributed by atoms with E-state index in [4.69, 9.17) is 18.9 Å².